The SMILES string of the molecule is CNCc1cc(F)ccc1Sc1cccc(F)c1. The van der Waals surface area contributed by atoms with Gasteiger partial charge in [-0.1, -0.05) is 17.8 Å². The van der Waals surface area contributed by atoms with E-state index >= 15 is 0 Å². The highest BCUT2D eigenvalue weighted by Gasteiger charge is 2.06. The fraction of sp³-hybridized carbons (Fsp3) is 0.143. The van der Waals surface area contributed by atoms with Gasteiger partial charge in [-0.2, -0.15) is 0 Å². The molecule has 0 spiro atoms. The van der Waals surface area contributed by atoms with Gasteiger partial charge in [0.25, 0.3) is 0 Å². The van der Waals surface area contributed by atoms with Crippen molar-refractivity contribution in [2.75, 3.05) is 7.05 Å². The molecule has 0 radical (unpaired) electrons. The minimum atomic E-state index is -0.266. The second-order valence-corrected chi connectivity index (χ2v) is 4.96. The van der Waals surface area contributed by atoms with Crippen LogP contribution in [0.5, 0.6) is 0 Å². The molecule has 0 heterocycles. The molecule has 0 aliphatic rings. The van der Waals surface area contributed by atoms with Crippen LogP contribution >= 0.6 is 11.8 Å². The number of benzene rings is 2. The third-order valence-corrected chi connectivity index (χ3v) is 3.52. The average Bonchev–Trinajstić information content (AvgIpc) is 2.33. The number of rotatable bonds is 4. The summed E-state index contributed by atoms with van der Waals surface area (Å²) in [6.07, 6.45) is 0. The van der Waals surface area contributed by atoms with E-state index in [0.29, 0.717) is 6.54 Å². The van der Waals surface area contributed by atoms with Crippen LogP contribution in [-0.2, 0) is 6.54 Å². The zero-order valence-corrected chi connectivity index (χ0v) is 10.7. The lowest BCUT2D eigenvalue weighted by atomic mass is 10.2. The molecule has 2 rings (SSSR count). The van der Waals surface area contributed by atoms with Crippen molar-refractivity contribution in [2.45, 2.75) is 16.3 Å². The van der Waals surface area contributed by atoms with Crippen LogP contribution in [0.15, 0.2) is 52.3 Å². The van der Waals surface area contributed by atoms with Crippen LogP contribution < -0.4 is 5.32 Å². The van der Waals surface area contributed by atoms with Crippen molar-refractivity contribution in [1.82, 2.24) is 5.32 Å². The van der Waals surface area contributed by atoms with E-state index in [4.69, 9.17) is 0 Å². The number of hydrogen-bond acceptors (Lipinski definition) is 2. The summed E-state index contributed by atoms with van der Waals surface area (Å²) < 4.78 is 26.3. The molecule has 94 valence electrons. The second kappa shape index (κ2) is 5.98. The predicted molar refractivity (Wildman–Crippen MR) is 69.7 cm³/mol. The van der Waals surface area contributed by atoms with Crippen LogP contribution in [0.1, 0.15) is 5.56 Å². The van der Waals surface area contributed by atoms with Gasteiger partial charge in [0.2, 0.25) is 0 Å². The first-order valence-electron chi connectivity index (χ1n) is 5.55. The molecule has 18 heavy (non-hydrogen) atoms. The van der Waals surface area contributed by atoms with Gasteiger partial charge >= 0.3 is 0 Å². The molecule has 0 fully saturated rings. The van der Waals surface area contributed by atoms with E-state index in [0.717, 1.165) is 15.4 Å². The Labute approximate surface area is 109 Å². The number of nitrogens with one attached hydrogen (secondary N) is 1. The van der Waals surface area contributed by atoms with E-state index < -0.39 is 0 Å². The highest BCUT2D eigenvalue weighted by Crippen LogP contribution is 2.31. The monoisotopic (exact) mass is 265 g/mol. The molecule has 0 aromatic heterocycles. The Kier molecular flexibility index (Phi) is 4.33. The standard InChI is InChI=1S/C14H13F2NS/c1-17-9-10-7-12(16)5-6-14(10)18-13-4-2-3-11(15)8-13/h2-8,17H,9H2,1H3. The largest absolute Gasteiger partial charge is 0.316 e. The lowest BCUT2D eigenvalue weighted by molar-refractivity contribution is 0.621. The van der Waals surface area contributed by atoms with Gasteiger partial charge in [-0.15, -0.1) is 0 Å². The summed E-state index contributed by atoms with van der Waals surface area (Å²) in [6.45, 7) is 0.579. The minimum Gasteiger partial charge on any atom is -0.316 e. The second-order valence-electron chi connectivity index (χ2n) is 3.84. The Hall–Kier alpha value is -1.39. The van der Waals surface area contributed by atoms with Gasteiger partial charge in [0.15, 0.2) is 0 Å². The first-order valence-corrected chi connectivity index (χ1v) is 6.37. The quantitative estimate of drug-likeness (QED) is 0.901. The number of hydrogen-bond donors (Lipinski definition) is 1. The maximum Gasteiger partial charge on any atom is 0.124 e. The van der Waals surface area contributed by atoms with E-state index in [1.807, 2.05) is 13.1 Å². The first kappa shape index (κ1) is 13.1. The molecule has 0 unspecified atom stereocenters. The van der Waals surface area contributed by atoms with E-state index in [2.05, 4.69) is 5.32 Å². The third-order valence-electron chi connectivity index (χ3n) is 2.41. The summed E-state index contributed by atoms with van der Waals surface area (Å²) in [6, 6.07) is 11.0. The van der Waals surface area contributed by atoms with Crippen LogP contribution in [0.2, 0.25) is 0 Å². The van der Waals surface area contributed by atoms with Crippen molar-refractivity contribution in [2.24, 2.45) is 0 Å². The lowest BCUT2D eigenvalue weighted by Crippen LogP contribution is -2.06. The van der Waals surface area contributed by atoms with Gasteiger partial charge in [-0.05, 0) is 49.0 Å². The van der Waals surface area contributed by atoms with Gasteiger partial charge < -0.3 is 5.32 Å². The molecule has 1 N–H and O–H groups in total. The van der Waals surface area contributed by atoms with Crippen LogP contribution in [-0.4, -0.2) is 7.05 Å². The lowest BCUT2D eigenvalue weighted by Gasteiger charge is -2.09. The predicted octanol–water partition coefficient (Wildman–Crippen LogP) is 3.84. The summed E-state index contributed by atoms with van der Waals surface area (Å²) in [4.78, 5) is 1.73. The van der Waals surface area contributed by atoms with E-state index in [9.17, 15) is 8.78 Å². The van der Waals surface area contributed by atoms with Gasteiger partial charge in [-0.3, -0.25) is 0 Å². The summed E-state index contributed by atoms with van der Waals surface area (Å²) >= 11 is 1.43. The molecule has 2 aromatic carbocycles. The Morgan fingerprint density at radius 1 is 1.06 bits per heavy atom. The molecular formula is C14H13F2NS. The maximum atomic E-state index is 13.2. The third kappa shape index (κ3) is 3.31. The molecule has 0 saturated carbocycles. The molecule has 2 aromatic rings. The average molecular weight is 265 g/mol. The molecule has 0 aliphatic carbocycles. The van der Waals surface area contributed by atoms with E-state index in [-0.39, 0.29) is 11.6 Å². The van der Waals surface area contributed by atoms with Gasteiger partial charge in [0.1, 0.15) is 11.6 Å². The highest BCUT2D eigenvalue weighted by atomic mass is 32.2. The van der Waals surface area contributed by atoms with E-state index in [1.165, 1.54) is 36.0 Å². The van der Waals surface area contributed by atoms with Crippen molar-refractivity contribution < 1.29 is 8.78 Å². The summed E-state index contributed by atoms with van der Waals surface area (Å²) in [5.41, 5.74) is 0.867. The Morgan fingerprint density at radius 2 is 1.83 bits per heavy atom. The van der Waals surface area contributed by atoms with Crippen molar-refractivity contribution >= 4 is 11.8 Å². The van der Waals surface area contributed by atoms with Crippen LogP contribution in [0.25, 0.3) is 0 Å². The number of halogens is 2. The first-order chi connectivity index (χ1) is 8.69. The van der Waals surface area contributed by atoms with Gasteiger partial charge in [0.05, 0.1) is 0 Å². The molecule has 4 heteroatoms. The summed E-state index contributed by atoms with van der Waals surface area (Å²) in [5.74, 6) is -0.527. The fourth-order valence-electron chi connectivity index (χ4n) is 1.63. The molecule has 0 saturated heterocycles. The minimum absolute atomic E-state index is 0.260. The summed E-state index contributed by atoms with van der Waals surface area (Å²) in [5, 5.41) is 2.99. The smallest absolute Gasteiger partial charge is 0.124 e. The highest BCUT2D eigenvalue weighted by molar-refractivity contribution is 7.99. The molecule has 0 aliphatic heterocycles. The van der Waals surface area contributed by atoms with Crippen molar-refractivity contribution in [1.29, 1.82) is 0 Å². The molecule has 0 atom stereocenters. The molecule has 1 nitrogen and oxygen atoms in total. The molecule has 0 bridgehead atoms. The van der Waals surface area contributed by atoms with E-state index in [1.54, 1.807) is 12.1 Å². The Bertz CT molecular complexity index is 543. The van der Waals surface area contributed by atoms with Crippen LogP contribution in [0.4, 0.5) is 8.78 Å². The Morgan fingerprint density at radius 3 is 2.56 bits per heavy atom. The van der Waals surface area contributed by atoms with Gasteiger partial charge in [-0.25, -0.2) is 8.78 Å². The van der Waals surface area contributed by atoms with Gasteiger partial charge in [0, 0.05) is 16.3 Å². The van der Waals surface area contributed by atoms with Crippen molar-refractivity contribution in [3.63, 3.8) is 0 Å². The Balaban J connectivity index is 2.28. The molecule has 0 amide bonds. The zero-order chi connectivity index (χ0) is 13.0. The zero-order valence-electron chi connectivity index (χ0n) is 9.91. The maximum absolute atomic E-state index is 13.2. The van der Waals surface area contributed by atoms with Crippen LogP contribution in [0.3, 0.4) is 0 Å². The van der Waals surface area contributed by atoms with Crippen LogP contribution in [0, 0.1) is 11.6 Å². The van der Waals surface area contributed by atoms with Crippen molar-refractivity contribution in [3.05, 3.63) is 59.7 Å². The van der Waals surface area contributed by atoms with Crippen molar-refractivity contribution in [3.8, 4) is 0 Å². The molecular weight excluding hydrogens is 252 g/mol. The fourth-order valence-corrected chi connectivity index (χ4v) is 2.60. The normalized spacial score (nSPS) is 10.6. The summed E-state index contributed by atoms with van der Waals surface area (Å²) in [7, 11) is 1.81. The topological polar surface area (TPSA) is 12.0 Å².